The van der Waals surface area contributed by atoms with E-state index in [9.17, 15) is 16.8 Å². The maximum atomic E-state index is 11.5. The van der Waals surface area contributed by atoms with Gasteiger partial charge in [0, 0.05) is 24.5 Å². The summed E-state index contributed by atoms with van der Waals surface area (Å²) < 4.78 is 47.1. The Labute approximate surface area is 125 Å². The number of hydrogen-bond donors (Lipinski definition) is 4. The summed E-state index contributed by atoms with van der Waals surface area (Å²) in [6.07, 6.45) is 1.62. The molecule has 0 aliphatic heterocycles. The van der Waals surface area contributed by atoms with Crippen LogP contribution in [0.15, 0.2) is 17.0 Å². The number of anilines is 2. The van der Waals surface area contributed by atoms with E-state index in [-0.39, 0.29) is 17.1 Å². The van der Waals surface area contributed by atoms with E-state index in [1.54, 1.807) is 13.0 Å². The van der Waals surface area contributed by atoms with Crippen LogP contribution in [0.5, 0.6) is 0 Å². The standard InChI is InChI=1S/C11H20N4O4S2/c1-8-10(14-4-3-5-15-20(2,16)17)6-9(12)7-11(8)21(13,18)19/h6-7,14-15H,3-5,12H2,1-2H3,(H2,13,18,19). The van der Waals surface area contributed by atoms with Crippen molar-refractivity contribution in [1.29, 1.82) is 0 Å². The van der Waals surface area contributed by atoms with E-state index in [4.69, 9.17) is 10.9 Å². The highest BCUT2D eigenvalue weighted by molar-refractivity contribution is 7.89. The second-order valence-corrected chi connectivity index (χ2v) is 8.05. The van der Waals surface area contributed by atoms with Gasteiger partial charge in [0.25, 0.3) is 0 Å². The molecule has 0 unspecified atom stereocenters. The van der Waals surface area contributed by atoms with Crippen LogP contribution in [0.1, 0.15) is 12.0 Å². The summed E-state index contributed by atoms with van der Waals surface area (Å²) >= 11 is 0. The fraction of sp³-hybridized carbons (Fsp3) is 0.455. The molecule has 1 rings (SSSR count). The molecule has 8 nitrogen and oxygen atoms in total. The fourth-order valence-corrected chi connectivity index (χ4v) is 3.11. The third-order valence-electron chi connectivity index (χ3n) is 2.72. The molecule has 1 aromatic rings. The Morgan fingerprint density at radius 2 is 1.76 bits per heavy atom. The van der Waals surface area contributed by atoms with Crippen LogP contribution in [0.4, 0.5) is 11.4 Å². The highest BCUT2D eigenvalue weighted by atomic mass is 32.2. The molecule has 0 bridgehead atoms. The zero-order valence-corrected chi connectivity index (χ0v) is 13.5. The van der Waals surface area contributed by atoms with E-state index in [0.717, 1.165) is 6.26 Å². The van der Waals surface area contributed by atoms with E-state index >= 15 is 0 Å². The minimum absolute atomic E-state index is 0.0285. The van der Waals surface area contributed by atoms with E-state index < -0.39 is 20.0 Å². The quantitative estimate of drug-likeness (QED) is 0.393. The van der Waals surface area contributed by atoms with E-state index in [1.807, 2.05) is 0 Å². The zero-order valence-electron chi connectivity index (χ0n) is 11.9. The molecule has 0 saturated carbocycles. The van der Waals surface area contributed by atoms with Gasteiger partial charge in [-0.05, 0) is 31.0 Å². The van der Waals surface area contributed by atoms with Crippen LogP contribution in [0.3, 0.4) is 0 Å². The highest BCUT2D eigenvalue weighted by Crippen LogP contribution is 2.25. The molecule has 21 heavy (non-hydrogen) atoms. The van der Waals surface area contributed by atoms with Crippen molar-refractivity contribution in [2.24, 2.45) is 5.14 Å². The number of nitrogen functional groups attached to an aromatic ring is 1. The average molecular weight is 336 g/mol. The Bertz CT molecular complexity index is 714. The first-order valence-electron chi connectivity index (χ1n) is 6.12. The third kappa shape index (κ3) is 5.87. The van der Waals surface area contributed by atoms with Crippen molar-refractivity contribution in [1.82, 2.24) is 4.72 Å². The monoisotopic (exact) mass is 336 g/mol. The van der Waals surface area contributed by atoms with Crippen LogP contribution < -0.4 is 20.9 Å². The number of primary sulfonamides is 1. The molecule has 120 valence electrons. The number of nitrogens with one attached hydrogen (secondary N) is 2. The number of sulfonamides is 2. The maximum Gasteiger partial charge on any atom is 0.238 e. The molecule has 1 aromatic carbocycles. The van der Waals surface area contributed by atoms with Crippen molar-refractivity contribution in [3.8, 4) is 0 Å². The molecular formula is C11H20N4O4S2. The summed E-state index contributed by atoms with van der Waals surface area (Å²) in [5.74, 6) is 0. The van der Waals surface area contributed by atoms with Gasteiger partial charge in [0.1, 0.15) is 0 Å². The van der Waals surface area contributed by atoms with Gasteiger partial charge in [0.05, 0.1) is 11.2 Å². The minimum atomic E-state index is -3.84. The van der Waals surface area contributed by atoms with Gasteiger partial charge < -0.3 is 11.1 Å². The normalized spacial score (nSPS) is 12.3. The van der Waals surface area contributed by atoms with Gasteiger partial charge in [-0.2, -0.15) is 0 Å². The summed E-state index contributed by atoms with van der Waals surface area (Å²) in [5.41, 5.74) is 6.97. The lowest BCUT2D eigenvalue weighted by molar-refractivity contribution is 0.586. The smallest absolute Gasteiger partial charge is 0.238 e. The predicted molar refractivity (Wildman–Crippen MR) is 82.9 cm³/mol. The Balaban J connectivity index is 2.75. The lowest BCUT2D eigenvalue weighted by Gasteiger charge is -2.13. The third-order valence-corrected chi connectivity index (χ3v) is 4.49. The SMILES string of the molecule is Cc1c(NCCCNS(C)(=O)=O)cc(N)cc1S(N)(=O)=O. The van der Waals surface area contributed by atoms with Crippen LogP contribution in [0, 0.1) is 6.92 Å². The van der Waals surface area contributed by atoms with E-state index in [1.165, 1.54) is 6.07 Å². The summed E-state index contributed by atoms with van der Waals surface area (Å²) in [5, 5.41) is 8.15. The van der Waals surface area contributed by atoms with Crippen molar-refractivity contribution in [2.45, 2.75) is 18.2 Å². The molecule has 0 saturated heterocycles. The van der Waals surface area contributed by atoms with Crippen LogP contribution in [-0.4, -0.2) is 36.2 Å². The first-order chi connectivity index (χ1) is 9.50. The molecule has 0 spiro atoms. The van der Waals surface area contributed by atoms with Gasteiger partial charge in [0.2, 0.25) is 20.0 Å². The van der Waals surface area contributed by atoms with Gasteiger partial charge >= 0.3 is 0 Å². The lowest BCUT2D eigenvalue weighted by Crippen LogP contribution is -2.24. The Morgan fingerprint density at radius 1 is 1.14 bits per heavy atom. The van der Waals surface area contributed by atoms with Gasteiger partial charge in [-0.25, -0.2) is 26.7 Å². The average Bonchev–Trinajstić information content (AvgIpc) is 2.29. The Kier molecular flexibility index (Phi) is 5.56. The first kappa shape index (κ1) is 17.7. The number of nitrogens with two attached hydrogens (primary N) is 2. The summed E-state index contributed by atoms with van der Waals surface area (Å²) in [6.45, 7) is 2.36. The van der Waals surface area contributed by atoms with Crippen LogP contribution in [0.2, 0.25) is 0 Å². The molecule has 0 radical (unpaired) electrons. The fourth-order valence-electron chi connectivity index (χ4n) is 1.76. The van der Waals surface area contributed by atoms with Crippen LogP contribution in [0.25, 0.3) is 0 Å². The molecule has 10 heteroatoms. The van der Waals surface area contributed by atoms with E-state index in [0.29, 0.717) is 24.2 Å². The number of rotatable bonds is 7. The van der Waals surface area contributed by atoms with Gasteiger partial charge in [0.15, 0.2) is 0 Å². The van der Waals surface area contributed by atoms with Crippen molar-refractivity contribution in [3.05, 3.63) is 17.7 Å². The maximum absolute atomic E-state index is 11.5. The molecule has 0 amide bonds. The lowest BCUT2D eigenvalue weighted by atomic mass is 10.1. The molecule has 0 heterocycles. The predicted octanol–water partition coefficient (Wildman–Crippen LogP) is -0.424. The molecule has 0 atom stereocenters. The van der Waals surface area contributed by atoms with Crippen molar-refractivity contribution < 1.29 is 16.8 Å². The second kappa shape index (κ2) is 6.60. The summed E-state index contributed by atoms with van der Waals surface area (Å²) in [4.78, 5) is -0.0285. The van der Waals surface area contributed by atoms with Crippen LogP contribution in [-0.2, 0) is 20.0 Å². The van der Waals surface area contributed by atoms with Crippen molar-refractivity contribution in [2.75, 3.05) is 30.4 Å². The van der Waals surface area contributed by atoms with E-state index in [2.05, 4.69) is 10.0 Å². The minimum Gasteiger partial charge on any atom is -0.399 e. The highest BCUT2D eigenvalue weighted by Gasteiger charge is 2.15. The Hall–Kier alpha value is -1.36. The number of benzene rings is 1. The molecule has 0 aliphatic rings. The van der Waals surface area contributed by atoms with Gasteiger partial charge in [-0.15, -0.1) is 0 Å². The van der Waals surface area contributed by atoms with Crippen molar-refractivity contribution >= 4 is 31.4 Å². The Morgan fingerprint density at radius 3 is 2.29 bits per heavy atom. The molecular weight excluding hydrogens is 316 g/mol. The molecule has 6 N–H and O–H groups in total. The van der Waals surface area contributed by atoms with Crippen LogP contribution >= 0.6 is 0 Å². The van der Waals surface area contributed by atoms with Gasteiger partial charge in [-0.1, -0.05) is 0 Å². The molecule has 0 fully saturated rings. The first-order valence-corrected chi connectivity index (χ1v) is 9.56. The molecule has 0 aliphatic carbocycles. The van der Waals surface area contributed by atoms with Crippen molar-refractivity contribution in [3.63, 3.8) is 0 Å². The zero-order chi connectivity index (χ0) is 16.3. The topological polar surface area (TPSA) is 144 Å². The van der Waals surface area contributed by atoms with Gasteiger partial charge in [-0.3, -0.25) is 0 Å². The largest absolute Gasteiger partial charge is 0.399 e. The second-order valence-electron chi connectivity index (χ2n) is 4.68. The molecule has 0 aromatic heterocycles. The number of hydrogen-bond acceptors (Lipinski definition) is 6. The summed E-state index contributed by atoms with van der Waals surface area (Å²) in [6, 6.07) is 2.91. The summed E-state index contributed by atoms with van der Waals surface area (Å²) in [7, 11) is -7.05.